The molecular formula is C28H35N7O4. The molecule has 206 valence electrons. The highest BCUT2D eigenvalue weighted by Gasteiger charge is 2.17. The van der Waals surface area contributed by atoms with E-state index in [4.69, 9.17) is 9.84 Å². The Morgan fingerprint density at radius 3 is 2.46 bits per heavy atom. The number of aliphatic hydroxyl groups is 1. The van der Waals surface area contributed by atoms with Crippen LogP contribution in [0.4, 0.5) is 28.7 Å². The number of aromatic nitrogens is 2. The smallest absolute Gasteiger partial charge is 0.247 e. The van der Waals surface area contributed by atoms with Gasteiger partial charge < -0.3 is 35.6 Å². The number of ether oxygens (including phenoxy) is 1. The van der Waals surface area contributed by atoms with Crippen LogP contribution in [-0.2, 0) is 4.79 Å². The second-order valence-electron chi connectivity index (χ2n) is 8.94. The number of benzene rings is 2. The van der Waals surface area contributed by atoms with Crippen molar-refractivity contribution in [3.8, 4) is 5.75 Å². The summed E-state index contributed by atoms with van der Waals surface area (Å²) in [6, 6.07) is 12.0. The van der Waals surface area contributed by atoms with Gasteiger partial charge in [-0.1, -0.05) is 6.58 Å². The van der Waals surface area contributed by atoms with Crippen molar-refractivity contribution in [2.45, 2.75) is 0 Å². The normalized spacial score (nSPS) is 10.6. The van der Waals surface area contributed by atoms with E-state index in [2.05, 4.69) is 37.4 Å². The third-order valence-corrected chi connectivity index (χ3v) is 5.78. The van der Waals surface area contributed by atoms with Crippen LogP contribution in [0, 0.1) is 0 Å². The Kier molecular flexibility index (Phi) is 10.4. The van der Waals surface area contributed by atoms with E-state index in [0.717, 1.165) is 17.9 Å². The van der Waals surface area contributed by atoms with Crippen LogP contribution < -0.4 is 25.6 Å². The maximum Gasteiger partial charge on any atom is 0.247 e. The van der Waals surface area contributed by atoms with Crippen molar-refractivity contribution in [1.82, 2.24) is 14.9 Å². The second kappa shape index (κ2) is 13.9. The van der Waals surface area contributed by atoms with Gasteiger partial charge in [-0.25, -0.2) is 9.97 Å². The number of aliphatic hydroxyl groups excluding tert-OH is 1. The zero-order valence-corrected chi connectivity index (χ0v) is 22.7. The van der Waals surface area contributed by atoms with Gasteiger partial charge in [0.2, 0.25) is 17.6 Å². The minimum absolute atomic E-state index is 0.0141. The van der Waals surface area contributed by atoms with Crippen LogP contribution in [0.15, 0.2) is 61.3 Å². The van der Waals surface area contributed by atoms with Crippen molar-refractivity contribution in [2.75, 3.05) is 75.3 Å². The Labute approximate surface area is 228 Å². The van der Waals surface area contributed by atoms with Gasteiger partial charge in [0.15, 0.2) is 0 Å². The number of methoxy groups -OCH3 is 1. The number of rotatable bonds is 14. The topological polar surface area (TPSA) is 132 Å². The predicted molar refractivity (Wildman–Crippen MR) is 154 cm³/mol. The van der Waals surface area contributed by atoms with Crippen LogP contribution in [0.2, 0.25) is 0 Å². The summed E-state index contributed by atoms with van der Waals surface area (Å²) in [7, 11) is 7.47. The van der Waals surface area contributed by atoms with Crippen molar-refractivity contribution in [3.05, 3.63) is 72.6 Å². The Morgan fingerprint density at radius 2 is 1.82 bits per heavy atom. The minimum atomic E-state index is -0.352. The third kappa shape index (κ3) is 8.00. The summed E-state index contributed by atoms with van der Waals surface area (Å²) >= 11 is 0. The van der Waals surface area contributed by atoms with Crippen LogP contribution in [-0.4, -0.2) is 86.2 Å². The first kappa shape index (κ1) is 29.1. The zero-order chi connectivity index (χ0) is 28.4. The van der Waals surface area contributed by atoms with Crippen LogP contribution in [0.5, 0.6) is 5.75 Å². The SMILES string of the molecule is C=CC(=O)Nc1cc(Nc2nccc(C(=O)c3ccc(NCCO)cc3)n2)c(OC)cc1N(C)CCN(C)C. The van der Waals surface area contributed by atoms with E-state index in [9.17, 15) is 9.59 Å². The highest BCUT2D eigenvalue weighted by molar-refractivity contribution is 6.08. The first-order valence-corrected chi connectivity index (χ1v) is 12.4. The number of amides is 1. The lowest BCUT2D eigenvalue weighted by molar-refractivity contribution is -0.111. The van der Waals surface area contributed by atoms with E-state index in [1.165, 1.54) is 12.3 Å². The second-order valence-corrected chi connectivity index (χ2v) is 8.94. The van der Waals surface area contributed by atoms with E-state index < -0.39 is 0 Å². The number of anilines is 5. The number of hydrogen-bond donors (Lipinski definition) is 4. The minimum Gasteiger partial charge on any atom is -0.494 e. The number of carbonyl (C=O) groups is 2. The highest BCUT2D eigenvalue weighted by Crippen LogP contribution is 2.37. The van der Waals surface area contributed by atoms with Crippen LogP contribution in [0.25, 0.3) is 0 Å². The van der Waals surface area contributed by atoms with Gasteiger partial charge in [-0.3, -0.25) is 9.59 Å². The molecule has 2 aromatic carbocycles. The average Bonchev–Trinajstić information content (AvgIpc) is 2.94. The van der Waals surface area contributed by atoms with E-state index in [1.54, 1.807) is 43.5 Å². The molecule has 0 aliphatic heterocycles. The number of hydrogen-bond acceptors (Lipinski definition) is 10. The third-order valence-electron chi connectivity index (χ3n) is 5.78. The Balaban J connectivity index is 1.89. The molecule has 3 rings (SSSR count). The molecule has 1 aromatic heterocycles. The fourth-order valence-electron chi connectivity index (χ4n) is 3.66. The molecule has 0 saturated heterocycles. The van der Waals surface area contributed by atoms with Gasteiger partial charge in [0.1, 0.15) is 11.4 Å². The van der Waals surface area contributed by atoms with E-state index in [0.29, 0.717) is 35.8 Å². The molecule has 0 radical (unpaired) electrons. The van der Waals surface area contributed by atoms with Crippen molar-refractivity contribution in [3.63, 3.8) is 0 Å². The molecular weight excluding hydrogens is 498 g/mol. The summed E-state index contributed by atoms with van der Waals surface area (Å²) in [5.41, 5.74) is 3.29. The van der Waals surface area contributed by atoms with Gasteiger partial charge in [-0.15, -0.1) is 0 Å². The maximum atomic E-state index is 13.1. The summed E-state index contributed by atoms with van der Waals surface area (Å²) in [5.74, 6) is 0.0763. The van der Waals surface area contributed by atoms with Gasteiger partial charge in [-0.05, 0) is 56.6 Å². The molecule has 0 spiro atoms. The molecule has 0 atom stereocenters. The van der Waals surface area contributed by atoms with Gasteiger partial charge in [0, 0.05) is 50.2 Å². The molecule has 4 N–H and O–H groups in total. The number of nitrogens with one attached hydrogen (secondary N) is 3. The lowest BCUT2D eigenvalue weighted by Gasteiger charge is -2.26. The monoisotopic (exact) mass is 533 g/mol. The van der Waals surface area contributed by atoms with Gasteiger partial charge in [0.05, 0.1) is 30.8 Å². The first-order chi connectivity index (χ1) is 18.7. The molecule has 11 heteroatoms. The Morgan fingerprint density at radius 1 is 1.08 bits per heavy atom. The highest BCUT2D eigenvalue weighted by atomic mass is 16.5. The quantitative estimate of drug-likeness (QED) is 0.181. The molecule has 0 aliphatic rings. The summed E-state index contributed by atoms with van der Waals surface area (Å²) in [6.45, 7) is 5.50. The zero-order valence-electron chi connectivity index (χ0n) is 22.7. The van der Waals surface area contributed by atoms with Crippen LogP contribution in [0.3, 0.4) is 0 Å². The fraction of sp³-hybridized carbons (Fsp3) is 0.286. The lowest BCUT2D eigenvalue weighted by Crippen LogP contribution is -2.29. The van der Waals surface area contributed by atoms with E-state index in [1.807, 2.05) is 32.1 Å². The van der Waals surface area contributed by atoms with E-state index in [-0.39, 0.29) is 29.9 Å². The first-order valence-electron chi connectivity index (χ1n) is 12.4. The van der Waals surface area contributed by atoms with Crippen molar-refractivity contribution in [1.29, 1.82) is 0 Å². The molecule has 39 heavy (non-hydrogen) atoms. The standard InChI is InChI=1S/C28H35N7O4/c1-6-26(37)31-22-17-23(25(39-5)18-24(22)35(4)15-14-34(2)3)33-28-30-12-11-21(32-28)27(38)19-7-9-20(10-8-19)29-13-16-36/h6-12,17-18,29,36H,1,13-16H2,2-5H3,(H,31,37)(H,30,32,33). The van der Waals surface area contributed by atoms with Crippen LogP contribution >= 0.6 is 0 Å². The summed E-state index contributed by atoms with van der Waals surface area (Å²) in [5, 5.41) is 18.0. The number of carbonyl (C=O) groups excluding carboxylic acids is 2. The van der Waals surface area contributed by atoms with Crippen molar-refractivity contribution < 1.29 is 19.4 Å². The predicted octanol–water partition coefficient (Wildman–Crippen LogP) is 2.99. The van der Waals surface area contributed by atoms with Crippen molar-refractivity contribution in [2.24, 2.45) is 0 Å². The molecule has 0 bridgehead atoms. The number of likely N-dealkylation sites (N-methyl/N-ethyl adjacent to an activating group) is 2. The van der Waals surface area contributed by atoms with Gasteiger partial charge >= 0.3 is 0 Å². The fourth-order valence-corrected chi connectivity index (χ4v) is 3.66. The molecule has 1 amide bonds. The summed E-state index contributed by atoms with van der Waals surface area (Å²) in [6.07, 6.45) is 2.70. The summed E-state index contributed by atoms with van der Waals surface area (Å²) < 4.78 is 5.63. The Hall–Kier alpha value is -4.48. The number of ketones is 1. The van der Waals surface area contributed by atoms with E-state index >= 15 is 0 Å². The van der Waals surface area contributed by atoms with Gasteiger partial charge in [0.25, 0.3) is 0 Å². The molecule has 0 aliphatic carbocycles. The number of nitrogens with zero attached hydrogens (tertiary/aromatic N) is 4. The molecule has 3 aromatic rings. The molecule has 0 fully saturated rings. The van der Waals surface area contributed by atoms with Crippen LogP contribution in [0.1, 0.15) is 16.1 Å². The molecule has 0 saturated carbocycles. The molecule has 0 unspecified atom stereocenters. The Bertz CT molecular complexity index is 1300. The molecule has 1 heterocycles. The largest absolute Gasteiger partial charge is 0.494 e. The summed E-state index contributed by atoms with van der Waals surface area (Å²) in [4.78, 5) is 38.0. The molecule has 11 nitrogen and oxygen atoms in total. The lowest BCUT2D eigenvalue weighted by atomic mass is 10.1. The van der Waals surface area contributed by atoms with Gasteiger partial charge in [-0.2, -0.15) is 0 Å². The maximum absolute atomic E-state index is 13.1. The van der Waals surface area contributed by atoms with Crippen molar-refractivity contribution >= 4 is 40.4 Å². The average molecular weight is 534 g/mol.